The van der Waals surface area contributed by atoms with Gasteiger partial charge in [0.15, 0.2) is 0 Å². The van der Waals surface area contributed by atoms with Gasteiger partial charge in [-0.2, -0.15) is 0 Å². The van der Waals surface area contributed by atoms with Crippen molar-refractivity contribution in [1.82, 2.24) is 4.90 Å². The average molecular weight is 254 g/mol. The summed E-state index contributed by atoms with van der Waals surface area (Å²) in [5.74, 6) is 0. The Morgan fingerprint density at radius 2 is 2.00 bits per heavy atom. The molecule has 106 valence electrons. The van der Waals surface area contributed by atoms with Crippen molar-refractivity contribution < 1.29 is 4.74 Å². The van der Waals surface area contributed by atoms with Crippen molar-refractivity contribution in [2.75, 3.05) is 26.2 Å². The lowest BCUT2D eigenvalue weighted by Crippen LogP contribution is -2.38. The van der Waals surface area contributed by atoms with Crippen molar-refractivity contribution in [3.05, 3.63) is 0 Å². The molecule has 0 aromatic rings. The fourth-order valence-corrected chi connectivity index (χ4v) is 3.56. The lowest BCUT2D eigenvalue weighted by atomic mass is 9.98. The van der Waals surface area contributed by atoms with E-state index in [1.807, 2.05) is 0 Å². The van der Waals surface area contributed by atoms with E-state index in [9.17, 15) is 0 Å². The van der Waals surface area contributed by atoms with Crippen LogP contribution in [0, 0.1) is 0 Å². The summed E-state index contributed by atoms with van der Waals surface area (Å²) in [6.07, 6.45) is 10.9. The highest BCUT2D eigenvalue weighted by atomic mass is 16.5. The Balaban J connectivity index is 1.77. The molecule has 0 amide bonds. The van der Waals surface area contributed by atoms with E-state index < -0.39 is 0 Å². The van der Waals surface area contributed by atoms with E-state index in [2.05, 4.69) is 11.8 Å². The van der Waals surface area contributed by atoms with Gasteiger partial charge in [0.1, 0.15) is 0 Å². The number of nitrogens with zero attached hydrogens (tertiary/aromatic N) is 1. The molecule has 2 N–H and O–H groups in total. The predicted octanol–water partition coefficient (Wildman–Crippen LogP) is 2.54. The minimum absolute atomic E-state index is 0.282. The molecule has 3 heteroatoms. The zero-order valence-corrected chi connectivity index (χ0v) is 12.0. The Labute approximate surface area is 112 Å². The number of ether oxygens (including phenoxy) is 1. The van der Waals surface area contributed by atoms with Crippen LogP contribution in [0.25, 0.3) is 0 Å². The van der Waals surface area contributed by atoms with E-state index in [1.54, 1.807) is 0 Å². The molecule has 1 aliphatic heterocycles. The van der Waals surface area contributed by atoms with E-state index >= 15 is 0 Å². The lowest BCUT2D eigenvalue weighted by Gasteiger charge is -2.28. The molecule has 1 atom stereocenters. The fraction of sp³-hybridized carbons (Fsp3) is 1.00. The molecule has 2 rings (SSSR count). The lowest BCUT2D eigenvalue weighted by molar-refractivity contribution is -0.0470. The second-order valence-electron chi connectivity index (χ2n) is 6.11. The van der Waals surface area contributed by atoms with Gasteiger partial charge in [-0.1, -0.05) is 26.2 Å². The third kappa shape index (κ3) is 3.69. The fourth-order valence-electron chi connectivity index (χ4n) is 3.56. The van der Waals surface area contributed by atoms with Gasteiger partial charge in [-0.25, -0.2) is 0 Å². The van der Waals surface area contributed by atoms with Gasteiger partial charge >= 0.3 is 0 Å². The summed E-state index contributed by atoms with van der Waals surface area (Å²) in [6.45, 7) is 6.31. The standard InChI is InChI=1S/C15H30N2O/c1-2-3-11-17(12-10-16)13-14-6-9-15(18-14)7-4-5-8-15/h14H,2-13,16H2,1H3. The smallest absolute Gasteiger partial charge is 0.0710 e. The third-order valence-electron chi connectivity index (χ3n) is 4.59. The monoisotopic (exact) mass is 254 g/mol. The molecule has 2 fully saturated rings. The number of hydrogen-bond acceptors (Lipinski definition) is 3. The zero-order chi connectivity index (χ0) is 12.8. The van der Waals surface area contributed by atoms with Crippen LogP contribution in [0.2, 0.25) is 0 Å². The van der Waals surface area contributed by atoms with Crippen molar-refractivity contribution in [2.45, 2.75) is 70.0 Å². The normalized spacial score (nSPS) is 26.5. The van der Waals surface area contributed by atoms with Gasteiger partial charge in [0.05, 0.1) is 11.7 Å². The molecule has 0 radical (unpaired) electrons. The van der Waals surface area contributed by atoms with Crippen LogP contribution in [0.3, 0.4) is 0 Å². The molecule has 0 aromatic carbocycles. The first-order chi connectivity index (χ1) is 8.78. The molecule has 1 spiro atoms. The molecule has 1 aliphatic carbocycles. The van der Waals surface area contributed by atoms with Gasteiger partial charge in [0.2, 0.25) is 0 Å². The van der Waals surface area contributed by atoms with Gasteiger partial charge in [-0.15, -0.1) is 0 Å². The van der Waals surface area contributed by atoms with Crippen molar-refractivity contribution in [2.24, 2.45) is 5.73 Å². The van der Waals surface area contributed by atoms with Crippen molar-refractivity contribution in [3.63, 3.8) is 0 Å². The van der Waals surface area contributed by atoms with Crippen molar-refractivity contribution >= 4 is 0 Å². The van der Waals surface area contributed by atoms with Crippen LogP contribution in [0.5, 0.6) is 0 Å². The van der Waals surface area contributed by atoms with Crippen LogP contribution in [0.4, 0.5) is 0 Å². The maximum Gasteiger partial charge on any atom is 0.0710 e. The van der Waals surface area contributed by atoms with Gasteiger partial charge in [-0.05, 0) is 38.6 Å². The van der Waals surface area contributed by atoms with Gasteiger partial charge < -0.3 is 10.5 Å². The Morgan fingerprint density at radius 1 is 1.22 bits per heavy atom. The SMILES string of the molecule is CCCCN(CCN)CC1CCC2(CCCC2)O1. The number of hydrogen-bond donors (Lipinski definition) is 1. The highest BCUT2D eigenvalue weighted by molar-refractivity contribution is 4.93. The Kier molecular flexibility index (Phi) is 5.46. The largest absolute Gasteiger partial charge is 0.370 e. The summed E-state index contributed by atoms with van der Waals surface area (Å²) >= 11 is 0. The first-order valence-corrected chi connectivity index (χ1v) is 7.88. The molecule has 1 saturated heterocycles. The molecule has 3 nitrogen and oxygen atoms in total. The van der Waals surface area contributed by atoms with Crippen LogP contribution in [0.15, 0.2) is 0 Å². The zero-order valence-electron chi connectivity index (χ0n) is 12.0. The molecular weight excluding hydrogens is 224 g/mol. The molecule has 1 heterocycles. The third-order valence-corrected chi connectivity index (χ3v) is 4.59. The molecule has 0 aromatic heterocycles. The Morgan fingerprint density at radius 3 is 2.67 bits per heavy atom. The van der Waals surface area contributed by atoms with Crippen LogP contribution in [0.1, 0.15) is 58.3 Å². The predicted molar refractivity (Wildman–Crippen MR) is 75.7 cm³/mol. The molecule has 2 aliphatic rings. The Bertz CT molecular complexity index is 239. The highest BCUT2D eigenvalue weighted by Crippen LogP contribution is 2.43. The minimum Gasteiger partial charge on any atom is -0.370 e. The number of unbranched alkanes of at least 4 members (excludes halogenated alkanes) is 1. The van der Waals surface area contributed by atoms with Crippen LogP contribution in [-0.4, -0.2) is 42.8 Å². The van der Waals surface area contributed by atoms with E-state index in [0.717, 1.165) is 19.6 Å². The maximum atomic E-state index is 6.38. The molecule has 1 saturated carbocycles. The van der Waals surface area contributed by atoms with Crippen molar-refractivity contribution in [3.8, 4) is 0 Å². The number of nitrogens with two attached hydrogens (primary N) is 1. The molecule has 1 unspecified atom stereocenters. The minimum atomic E-state index is 0.282. The molecule has 18 heavy (non-hydrogen) atoms. The summed E-state index contributed by atoms with van der Waals surface area (Å²) in [6, 6.07) is 0. The first kappa shape index (κ1) is 14.3. The van der Waals surface area contributed by atoms with Gasteiger partial charge in [0.25, 0.3) is 0 Å². The van der Waals surface area contributed by atoms with E-state index in [1.165, 1.54) is 57.9 Å². The summed E-state index contributed by atoms with van der Waals surface area (Å²) in [4.78, 5) is 2.50. The quantitative estimate of drug-likeness (QED) is 0.759. The van der Waals surface area contributed by atoms with E-state index in [-0.39, 0.29) is 5.60 Å². The van der Waals surface area contributed by atoms with Crippen LogP contribution < -0.4 is 5.73 Å². The second-order valence-corrected chi connectivity index (χ2v) is 6.11. The summed E-state index contributed by atoms with van der Waals surface area (Å²) < 4.78 is 6.38. The molecular formula is C15H30N2O. The summed E-state index contributed by atoms with van der Waals surface area (Å²) in [5, 5.41) is 0. The van der Waals surface area contributed by atoms with Crippen LogP contribution in [-0.2, 0) is 4.74 Å². The molecule has 0 bridgehead atoms. The van der Waals surface area contributed by atoms with Crippen molar-refractivity contribution in [1.29, 1.82) is 0 Å². The summed E-state index contributed by atoms with van der Waals surface area (Å²) in [7, 11) is 0. The second kappa shape index (κ2) is 6.88. The average Bonchev–Trinajstić information content (AvgIpc) is 2.98. The summed E-state index contributed by atoms with van der Waals surface area (Å²) in [5.41, 5.74) is 5.99. The maximum absolute atomic E-state index is 6.38. The highest BCUT2D eigenvalue weighted by Gasteiger charge is 2.42. The first-order valence-electron chi connectivity index (χ1n) is 7.88. The van der Waals surface area contributed by atoms with Gasteiger partial charge in [0, 0.05) is 19.6 Å². The Hall–Kier alpha value is -0.120. The van der Waals surface area contributed by atoms with E-state index in [4.69, 9.17) is 10.5 Å². The van der Waals surface area contributed by atoms with Crippen LogP contribution >= 0.6 is 0 Å². The van der Waals surface area contributed by atoms with E-state index in [0.29, 0.717) is 6.10 Å². The van der Waals surface area contributed by atoms with Gasteiger partial charge in [-0.3, -0.25) is 4.90 Å². The number of rotatable bonds is 7. The topological polar surface area (TPSA) is 38.5 Å².